The zero-order valence-electron chi connectivity index (χ0n) is 24.0. The van der Waals surface area contributed by atoms with Crippen molar-refractivity contribution < 1.29 is 46.1 Å². The molecule has 4 aromatic rings. The molecule has 10 heteroatoms. The van der Waals surface area contributed by atoms with E-state index in [-0.39, 0.29) is 25.4 Å². The molecule has 0 amide bonds. The Balaban J connectivity index is 1.47. The maximum absolute atomic E-state index is 14.2. The van der Waals surface area contributed by atoms with Gasteiger partial charge in [0, 0.05) is 12.0 Å². The summed E-state index contributed by atoms with van der Waals surface area (Å²) in [5, 5.41) is 18.4. The third-order valence-corrected chi connectivity index (χ3v) is 7.20. The van der Waals surface area contributed by atoms with Crippen LogP contribution in [0.25, 0.3) is 17.2 Å². The number of hydrogen-bond donors (Lipinski definition) is 2. The molecule has 0 spiro atoms. The lowest BCUT2D eigenvalue weighted by molar-refractivity contribution is -0.138. The van der Waals surface area contributed by atoms with E-state index in [4.69, 9.17) is 9.84 Å². The molecule has 0 aliphatic carbocycles. The number of phenolic OH excluding ortho intramolecular Hbond substituents is 1. The van der Waals surface area contributed by atoms with Gasteiger partial charge in [-0.05, 0) is 89.9 Å². The molecule has 0 aliphatic heterocycles. The Kier molecular flexibility index (Phi) is 10.9. The molecule has 2 N–H and O–H groups in total. The number of rotatable bonds is 13. The second-order valence-corrected chi connectivity index (χ2v) is 10.6. The average molecular weight is 629 g/mol. The van der Waals surface area contributed by atoms with Gasteiger partial charge in [-0.1, -0.05) is 55.0 Å². The number of benzene rings is 4. The fourth-order valence-corrected chi connectivity index (χ4v) is 4.81. The second kappa shape index (κ2) is 14.8. The van der Waals surface area contributed by atoms with E-state index in [0.717, 1.165) is 35.4 Å². The molecule has 1 atom stereocenters. The van der Waals surface area contributed by atoms with Crippen LogP contribution < -0.4 is 4.74 Å². The van der Waals surface area contributed by atoms with Gasteiger partial charge < -0.3 is 14.9 Å². The monoisotopic (exact) mass is 628 g/mol. The van der Waals surface area contributed by atoms with E-state index in [2.05, 4.69) is 0 Å². The first-order valence-electron chi connectivity index (χ1n) is 14.1. The molecule has 0 radical (unpaired) electrons. The van der Waals surface area contributed by atoms with E-state index in [1.54, 1.807) is 36.4 Å². The molecule has 0 unspecified atom stereocenters. The molecule has 45 heavy (non-hydrogen) atoms. The van der Waals surface area contributed by atoms with Crippen molar-refractivity contribution in [2.45, 2.75) is 44.9 Å². The molecule has 0 heterocycles. The Morgan fingerprint density at radius 3 is 2.04 bits per heavy atom. The summed E-state index contributed by atoms with van der Waals surface area (Å²) in [5.74, 6) is -4.62. The number of allylic oxidation sites excluding steroid dienone is 1. The molecular weight excluding hydrogens is 598 g/mol. The van der Waals surface area contributed by atoms with Crippen LogP contribution in [0.2, 0.25) is 0 Å². The average Bonchev–Trinajstić information content (AvgIpc) is 3.00. The maximum atomic E-state index is 14.2. The highest BCUT2D eigenvalue weighted by Crippen LogP contribution is 2.32. The lowest BCUT2D eigenvalue weighted by Gasteiger charge is -2.15. The molecule has 4 aromatic carbocycles. The van der Waals surface area contributed by atoms with Gasteiger partial charge in [-0.25, -0.2) is 13.2 Å². The lowest BCUT2D eigenvalue weighted by Crippen LogP contribution is -2.04. The first-order chi connectivity index (χ1) is 21.4. The molecular formula is C35H30F6O4. The standard InChI is InChI=1S/C35H30F6O4/c36-29-15-16-32(45-21-23-6-8-25(9-7-23)26-11-13-28(14-12-26)35(39,40)41)27(20-29)10-5-22(3-1-2-4-33(42)43)17-24-18-30(37)34(44)31(38)19-24/h5-16,18-20,22,44H,1-4,17,21H2,(H,42,43)/b10-5-/t22-/m1/s1. The fourth-order valence-electron chi connectivity index (χ4n) is 4.81. The van der Waals surface area contributed by atoms with Crippen molar-refractivity contribution in [1.29, 1.82) is 0 Å². The molecule has 0 aliphatic rings. The van der Waals surface area contributed by atoms with Gasteiger partial charge in [-0.15, -0.1) is 0 Å². The van der Waals surface area contributed by atoms with Crippen LogP contribution >= 0.6 is 0 Å². The number of phenols is 1. The fraction of sp³-hybridized carbons (Fsp3) is 0.229. The van der Waals surface area contributed by atoms with E-state index < -0.39 is 40.9 Å². The summed E-state index contributed by atoms with van der Waals surface area (Å²) in [6.45, 7) is 0.116. The zero-order chi connectivity index (χ0) is 32.6. The number of carbonyl (C=O) groups is 1. The maximum Gasteiger partial charge on any atom is 0.416 e. The topological polar surface area (TPSA) is 66.8 Å². The molecule has 0 saturated heterocycles. The SMILES string of the molecule is O=C(O)CCCC[C@H](/C=C\c1cc(F)ccc1OCc1ccc(-c2ccc(C(F)(F)F)cc2)cc1)Cc1cc(F)c(O)c(F)c1. The van der Waals surface area contributed by atoms with Gasteiger partial charge in [0.2, 0.25) is 0 Å². The van der Waals surface area contributed by atoms with Crippen LogP contribution in [-0.4, -0.2) is 16.2 Å². The van der Waals surface area contributed by atoms with Crippen LogP contribution in [0, 0.1) is 23.4 Å². The number of alkyl halides is 3. The number of hydrogen-bond acceptors (Lipinski definition) is 3. The van der Waals surface area contributed by atoms with Crippen molar-refractivity contribution in [2.24, 2.45) is 5.92 Å². The first kappa shape index (κ1) is 33.2. The van der Waals surface area contributed by atoms with Crippen LogP contribution in [0.1, 0.15) is 47.9 Å². The minimum absolute atomic E-state index is 0.0217. The highest BCUT2D eigenvalue weighted by molar-refractivity contribution is 5.66. The Morgan fingerprint density at radius 1 is 0.822 bits per heavy atom. The van der Waals surface area contributed by atoms with Crippen LogP contribution in [0.15, 0.2) is 84.9 Å². The largest absolute Gasteiger partial charge is 0.503 e. The summed E-state index contributed by atoms with van der Waals surface area (Å²) in [5.41, 5.74) is 2.09. The van der Waals surface area contributed by atoms with Crippen LogP contribution in [0.5, 0.6) is 11.5 Å². The molecule has 0 fully saturated rings. The molecule has 0 bridgehead atoms. The van der Waals surface area contributed by atoms with E-state index in [0.29, 0.717) is 41.7 Å². The normalized spacial score (nSPS) is 12.4. The van der Waals surface area contributed by atoms with Gasteiger partial charge in [-0.3, -0.25) is 4.79 Å². The zero-order valence-corrected chi connectivity index (χ0v) is 24.0. The third-order valence-electron chi connectivity index (χ3n) is 7.20. The first-order valence-corrected chi connectivity index (χ1v) is 14.1. The summed E-state index contributed by atoms with van der Waals surface area (Å²) >= 11 is 0. The molecule has 4 rings (SSSR count). The van der Waals surface area contributed by atoms with Crippen LogP contribution in [-0.2, 0) is 24.0 Å². The second-order valence-electron chi connectivity index (χ2n) is 10.6. The molecule has 0 saturated carbocycles. The van der Waals surface area contributed by atoms with Crippen molar-refractivity contribution in [3.63, 3.8) is 0 Å². The van der Waals surface area contributed by atoms with E-state index in [1.807, 2.05) is 0 Å². The van der Waals surface area contributed by atoms with Crippen LogP contribution in [0.3, 0.4) is 0 Å². The number of aliphatic carboxylic acids is 1. The number of carboxylic acid groups (broad SMARTS) is 1. The number of carboxylic acids is 1. The Labute approximate surface area is 256 Å². The van der Waals surface area contributed by atoms with Crippen molar-refractivity contribution in [3.05, 3.63) is 125 Å². The van der Waals surface area contributed by atoms with Gasteiger partial charge in [0.25, 0.3) is 0 Å². The van der Waals surface area contributed by atoms with Gasteiger partial charge in [0.15, 0.2) is 17.4 Å². The summed E-state index contributed by atoms with van der Waals surface area (Å²) in [6, 6.07) is 18.0. The number of aromatic hydroxyl groups is 1. The Hall–Kier alpha value is -4.73. The minimum atomic E-state index is -4.41. The van der Waals surface area contributed by atoms with Crippen molar-refractivity contribution in [2.75, 3.05) is 0 Å². The van der Waals surface area contributed by atoms with Crippen molar-refractivity contribution >= 4 is 12.0 Å². The summed E-state index contributed by atoms with van der Waals surface area (Å²) < 4.78 is 86.7. The molecule has 0 aromatic heterocycles. The van der Waals surface area contributed by atoms with Gasteiger partial charge in [0.1, 0.15) is 18.2 Å². The smallest absolute Gasteiger partial charge is 0.416 e. The summed E-state index contributed by atoms with van der Waals surface area (Å²) in [6.07, 6.45) is 0.572. The highest BCUT2D eigenvalue weighted by atomic mass is 19.4. The minimum Gasteiger partial charge on any atom is -0.503 e. The van der Waals surface area contributed by atoms with Crippen molar-refractivity contribution in [1.82, 2.24) is 0 Å². The Morgan fingerprint density at radius 2 is 1.44 bits per heavy atom. The number of halogens is 6. The van der Waals surface area contributed by atoms with Crippen LogP contribution in [0.4, 0.5) is 26.3 Å². The van der Waals surface area contributed by atoms with Gasteiger partial charge >= 0.3 is 12.1 Å². The predicted octanol–water partition coefficient (Wildman–Crippen LogP) is 9.59. The third kappa shape index (κ3) is 9.63. The summed E-state index contributed by atoms with van der Waals surface area (Å²) in [7, 11) is 0. The van der Waals surface area contributed by atoms with Crippen molar-refractivity contribution in [3.8, 4) is 22.6 Å². The van der Waals surface area contributed by atoms with E-state index in [9.17, 15) is 36.2 Å². The molecule has 4 nitrogen and oxygen atoms in total. The highest BCUT2D eigenvalue weighted by Gasteiger charge is 2.30. The van der Waals surface area contributed by atoms with E-state index in [1.165, 1.54) is 30.3 Å². The molecule has 236 valence electrons. The summed E-state index contributed by atoms with van der Waals surface area (Å²) in [4.78, 5) is 10.9. The quantitative estimate of drug-likeness (QED) is 0.114. The lowest BCUT2D eigenvalue weighted by atomic mass is 9.92. The van der Waals surface area contributed by atoms with Gasteiger partial charge in [0.05, 0.1) is 5.56 Å². The van der Waals surface area contributed by atoms with Gasteiger partial charge in [-0.2, -0.15) is 13.2 Å². The Bertz CT molecular complexity index is 1610. The number of unbranched alkanes of at least 4 members (excludes halogenated alkanes) is 1. The predicted molar refractivity (Wildman–Crippen MR) is 158 cm³/mol. The number of ether oxygens (including phenoxy) is 1. The van der Waals surface area contributed by atoms with E-state index >= 15 is 0 Å².